The lowest BCUT2D eigenvalue weighted by atomic mass is 9.94. The van der Waals surface area contributed by atoms with Crippen molar-refractivity contribution in [1.82, 2.24) is 9.97 Å². The van der Waals surface area contributed by atoms with Crippen molar-refractivity contribution in [2.45, 2.75) is 38.3 Å². The van der Waals surface area contributed by atoms with E-state index in [0.29, 0.717) is 12.4 Å². The summed E-state index contributed by atoms with van der Waals surface area (Å²) in [5.41, 5.74) is -0.425. The molecule has 6 heteroatoms. The summed E-state index contributed by atoms with van der Waals surface area (Å²) in [6, 6.07) is 0.233. The average molecular weight is 253 g/mol. The fourth-order valence-corrected chi connectivity index (χ4v) is 2.23. The van der Waals surface area contributed by atoms with Gasteiger partial charge in [-0.2, -0.15) is 0 Å². The van der Waals surface area contributed by atoms with Crippen LogP contribution in [0.4, 0.5) is 5.82 Å². The molecule has 1 aliphatic heterocycles. The molecule has 1 fully saturated rings. The molecule has 1 aliphatic rings. The van der Waals surface area contributed by atoms with Crippen LogP contribution >= 0.6 is 0 Å². The highest BCUT2D eigenvalue weighted by atomic mass is 16.5. The summed E-state index contributed by atoms with van der Waals surface area (Å²) in [6.45, 7) is 4.82. The molecule has 0 radical (unpaired) electrons. The molecule has 0 aliphatic carbocycles. The molecule has 2 N–H and O–H groups in total. The molecular formula is C12H19N3O3. The number of rotatable bonds is 3. The Bertz CT molecular complexity index is 470. The fraction of sp³-hybridized carbons (Fsp3) is 0.667. The van der Waals surface area contributed by atoms with E-state index in [4.69, 9.17) is 9.47 Å². The van der Waals surface area contributed by atoms with Gasteiger partial charge >= 0.3 is 0 Å². The summed E-state index contributed by atoms with van der Waals surface area (Å²) in [5.74, 6) is 0.714. The quantitative estimate of drug-likeness (QED) is 0.845. The van der Waals surface area contributed by atoms with Gasteiger partial charge in [0, 0.05) is 12.6 Å². The van der Waals surface area contributed by atoms with Crippen molar-refractivity contribution >= 4 is 5.82 Å². The first-order chi connectivity index (χ1) is 8.52. The lowest BCUT2D eigenvalue weighted by Gasteiger charge is -2.36. The van der Waals surface area contributed by atoms with Gasteiger partial charge in [-0.3, -0.25) is 4.79 Å². The number of hydrogen-bond donors (Lipinski definition) is 2. The lowest BCUT2D eigenvalue weighted by Crippen LogP contribution is -2.40. The SMILES string of the molecule is COc1c(NC2CCOC(C)(C)C2)nc[nH]c1=O. The van der Waals surface area contributed by atoms with Crippen molar-refractivity contribution in [3.63, 3.8) is 0 Å². The zero-order chi connectivity index (χ0) is 13.2. The van der Waals surface area contributed by atoms with Gasteiger partial charge in [0.15, 0.2) is 5.82 Å². The number of aromatic amines is 1. The Kier molecular flexibility index (Phi) is 3.56. The van der Waals surface area contributed by atoms with E-state index in [-0.39, 0.29) is 23.0 Å². The largest absolute Gasteiger partial charge is 0.489 e. The van der Waals surface area contributed by atoms with E-state index in [1.807, 2.05) is 0 Å². The highest BCUT2D eigenvalue weighted by molar-refractivity contribution is 5.48. The number of hydrogen-bond acceptors (Lipinski definition) is 5. The first kappa shape index (κ1) is 12.9. The van der Waals surface area contributed by atoms with E-state index in [0.717, 1.165) is 12.8 Å². The van der Waals surface area contributed by atoms with Crippen LogP contribution in [0.2, 0.25) is 0 Å². The van der Waals surface area contributed by atoms with Crippen LogP contribution in [0.15, 0.2) is 11.1 Å². The summed E-state index contributed by atoms with van der Waals surface area (Å²) in [7, 11) is 1.46. The number of H-pyrrole nitrogens is 1. The molecular weight excluding hydrogens is 234 g/mol. The normalized spacial score (nSPS) is 22.5. The maximum Gasteiger partial charge on any atom is 0.295 e. The van der Waals surface area contributed by atoms with Crippen LogP contribution < -0.4 is 15.6 Å². The Morgan fingerprint density at radius 1 is 1.61 bits per heavy atom. The number of anilines is 1. The summed E-state index contributed by atoms with van der Waals surface area (Å²) in [6.07, 6.45) is 3.13. The maximum atomic E-state index is 11.6. The lowest BCUT2D eigenvalue weighted by molar-refractivity contribution is -0.0553. The van der Waals surface area contributed by atoms with Gasteiger partial charge in [0.25, 0.3) is 5.56 Å². The van der Waals surface area contributed by atoms with Gasteiger partial charge in [-0.1, -0.05) is 0 Å². The highest BCUT2D eigenvalue weighted by Crippen LogP contribution is 2.27. The van der Waals surface area contributed by atoms with Crippen LogP contribution in [0.5, 0.6) is 5.75 Å². The molecule has 2 rings (SSSR count). The van der Waals surface area contributed by atoms with Gasteiger partial charge in [0.1, 0.15) is 0 Å². The standard InChI is InChI=1S/C12H19N3O3/c1-12(2)6-8(4-5-18-12)15-10-9(17-3)11(16)14-7-13-10/h7-8H,4-6H2,1-3H3,(H2,13,14,15,16). The van der Waals surface area contributed by atoms with E-state index < -0.39 is 0 Å². The number of nitrogens with zero attached hydrogens (tertiary/aromatic N) is 1. The van der Waals surface area contributed by atoms with Gasteiger partial charge in [-0.15, -0.1) is 0 Å². The third kappa shape index (κ3) is 2.81. The summed E-state index contributed by atoms with van der Waals surface area (Å²) >= 11 is 0. The molecule has 0 saturated carbocycles. The topological polar surface area (TPSA) is 76.2 Å². The van der Waals surface area contributed by atoms with Crippen molar-refractivity contribution in [3.8, 4) is 5.75 Å². The Morgan fingerprint density at radius 2 is 2.39 bits per heavy atom. The van der Waals surface area contributed by atoms with Crippen LogP contribution in [0.1, 0.15) is 26.7 Å². The van der Waals surface area contributed by atoms with Crippen LogP contribution in [-0.2, 0) is 4.74 Å². The maximum absolute atomic E-state index is 11.6. The monoisotopic (exact) mass is 253 g/mol. The molecule has 18 heavy (non-hydrogen) atoms. The predicted molar refractivity (Wildman–Crippen MR) is 68.1 cm³/mol. The van der Waals surface area contributed by atoms with Gasteiger partial charge in [0.05, 0.1) is 19.0 Å². The van der Waals surface area contributed by atoms with Crippen LogP contribution in [0, 0.1) is 0 Å². The molecule has 1 aromatic rings. The smallest absolute Gasteiger partial charge is 0.295 e. The molecule has 0 amide bonds. The molecule has 1 atom stereocenters. The van der Waals surface area contributed by atoms with Gasteiger partial charge < -0.3 is 19.8 Å². The minimum absolute atomic E-state index is 0.148. The third-order valence-corrected chi connectivity index (χ3v) is 3.05. The second-order valence-electron chi connectivity index (χ2n) is 5.06. The molecule has 1 aromatic heterocycles. The summed E-state index contributed by atoms with van der Waals surface area (Å²) in [5, 5.41) is 3.26. The number of aromatic nitrogens is 2. The second kappa shape index (κ2) is 4.97. The molecule has 0 aromatic carbocycles. The first-order valence-electron chi connectivity index (χ1n) is 6.04. The van der Waals surface area contributed by atoms with Gasteiger partial charge in [-0.05, 0) is 26.7 Å². The summed E-state index contributed by atoms with van der Waals surface area (Å²) < 4.78 is 10.7. The molecule has 1 unspecified atom stereocenters. The van der Waals surface area contributed by atoms with Crippen molar-refractivity contribution in [2.24, 2.45) is 0 Å². The number of nitrogens with one attached hydrogen (secondary N) is 2. The summed E-state index contributed by atoms with van der Waals surface area (Å²) in [4.78, 5) is 18.2. The van der Waals surface area contributed by atoms with Crippen LogP contribution in [0.25, 0.3) is 0 Å². The third-order valence-electron chi connectivity index (χ3n) is 3.05. The van der Waals surface area contributed by atoms with E-state index in [9.17, 15) is 4.79 Å². The molecule has 0 bridgehead atoms. The van der Waals surface area contributed by atoms with Gasteiger partial charge in [0.2, 0.25) is 5.75 Å². The first-order valence-corrected chi connectivity index (χ1v) is 6.04. The molecule has 0 spiro atoms. The van der Waals surface area contributed by atoms with Gasteiger partial charge in [-0.25, -0.2) is 4.98 Å². The Hall–Kier alpha value is -1.56. The Balaban J connectivity index is 2.14. The minimum Gasteiger partial charge on any atom is -0.489 e. The zero-order valence-electron chi connectivity index (χ0n) is 10.9. The van der Waals surface area contributed by atoms with E-state index in [1.54, 1.807) is 0 Å². The Labute approximate surface area is 106 Å². The van der Waals surface area contributed by atoms with Crippen molar-refractivity contribution in [3.05, 3.63) is 16.7 Å². The van der Waals surface area contributed by atoms with Crippen LogP contribution in [0.3, 0.4) is 0 Å². The molecule has 6 nitrogen and oxygen atoms in total. The second-order valence-corrected chi connectivity index (χ2v) is 5.06. The zero-order valence-corrected chi connectivity index (χ0v) is 10.9. The number of methoxy groups -OCH3 is 1. The van der Waals surface area contributed by atoms with Crippen LogP contribution in [-0.4, -0.2) is 35.3 Å². The number of ether oxygens (including phenoxy) is 2. The predicted octanol–water partition coefficient (Wildman–Crippen LogP) is 1.15. The van der Waals surface area contributed by atoms with E-state index in [1.165, 1.54) is 13.4 Å². The highest BCUT2D eigenvalue weighted by Gasteiger charge is 2.29. The van der Waals surface area contributed by atoms with Crippen molar-refractivity contribution < 1.29 is 9.47 Å². The minimum atomic E-state index is -0.277. The molecule has 2 heterocycles. The Morgan fingerprint density at radius 3 is 3.06 bits per heavy atom. The van der Waals surface area contributed by atoms with Crippen molar-refractivity contribution in [2.75, 3.05) is 19.0 Å². The molecule has 100 valence electrons. The van der Waals surface area contributed by atoms with E-state index in [2.05, 4.69) is 29.1 Å². The average Bonchev–Trinajstić information content (AvgIpc) is 2.28. The molecule has 1 saturated heterocycles. The van der Waals surface area contributed by atoms with Crippen molar-refractivity contribution in [1.29, 1.82) is 0 Å². The fourth-order valence-electron chi connectivity index (χ4n) is 2.23. The van der Waals surface area contributed by atoms with E-state index >= 15 is 0 Å².